The second-order valence-electron chi connectivity index (χ2n) is 7.31. The minimum atomic E-state index is -0.0624. The van der Waals surface area contributed by atoms with Gasteiger partial charge >= 0.3 is 0 Å². The summed E-state index contributed by atoms with van der Waals surface area (Å²) in [4.78, 5) is 0. The quantitative estimate of drug-likeness (QED) is 0.566. The van der Waals surface area contributed by atoms with E-state index < -0.39 is 0 Å². The number of benzene rings is 3. The molecule has 3 aromatic carbocycles. The third-order valence-electron chi connectivity index (χ3n) is 5.59. The van der Waals surface area contributed by atoms with Crippen molar-refractivity contribution in [2.24, 2.45) is 0 Å². The van der Waals surface area contributed by atoms with Gasteiger partial charge in [-0.15, -0.1) is 0 Å². The van der Waals surface area contributed by atoms with Crippen molar-refractivity contribution in [2.75, 3.05) is 0 Å². The predicted octanol–water partition coefficient (Wildman–Crippen LogP) is 6.08. The van der Waals surface area contributed by atoms with Crippen LogP contribution in [0.4, 0.5) is 4.39 Å². The summed E-state index contributed by atoms with van der Waals surface area (Å²) < 4.78 is 15.2. The van der Waals surface area contributed by atoms with Crippen LogP contribution in [0, 0.1) is 17.1 Å². The van der Waals surface area contributed by atoms with Crippen molar-refractivity contribution in [2.45, 2.75) is 44.9 Å². The monoisotopic (exact) mass is 343 g/mol. The molecule has 0 spiro atoms. The van der Waals surface area contributed by atoms with Gasteiger partial charge in [-0.3, -0.25) is 0 Å². The molecule has 4 rings (SSSR count). The van der Waals surface area contributed by atoms with Gasteiger partial charge in [-0.1, -0.05) is 49.7 Å². The van der Waals surface area contributed by atoms with Crippen molar-refractivity contribution in [3.05, 3.63) is 82.2 Å². The zero-order chi connectivity index (χ0) is 18.1. The molecule has 26 heavy (non-hydrogen) atoms. The lowest BCUT2D eigenvalue weighted by Crippen LogP contribution is -2.14. The molecule has 0 fully saturated rings. The number of fused-ring (bicyclic) bond motifs is 2. The molecular formula is C24H22FN. The van der Waals surface area contributed by atoms with Crippen LogP contribution in [-0.4, -0.2) is 0 Å². The Morgan fingerprint density at radius 1 is 1.08 bits per heavy atom. The summed E-state index contributed by atoms with van der Waals surface area (Å²) >= 11 is 0. The van der Waals surface area contributed by atoms with E-state index in [0.29, 0.717) is 5.56 Å². The number of halogens is 1. The fourth-order valence-corrected chi connectivity index (χ4v) is 4.21. The van der Waals surface area contributed by atoms with E-state index >= 15 is 4.39 Å². The average Bonchev–Trinajstić information content (AvgIpc) is 2.68. The standard InChI is InChI=1S/C24H22FN/c1-2-3-16-5-10-22-20(12-16)9-11-23(24(22)25)21-8-7-18-13-17(15-26)4-6-19(18)14-21/h4-6,9-13,21H,2-3,7-8,14H2,1H3. The first kappa shape index (κ1) is 16.8. The first-order chi connectivity index (χ1) is 12.7. The van der Waals surface area contributed by atoms with E-state index in [0.717, 1.165) is 48.4 Å². The molecule has 0 aliphatic heterocycles. The highest BCUT2D eigenvalue weighted by atomic mass is 19.1. The Balaban J connectivity index is 1.67. The Hall–Kier alpha value is -2.66. The third kappa shape index (κ3) is 2.99. The topological polar surface area (TPSA) is 23.8 Å². The smallest absolute Gasteiger partial charge is 0.134 e. The Morgan fingerprint density at radius 3 is 2.77 bits per heavy atom. The summed E-state index contributed by atoms with van der Waals surface area (Å²) in [6, 6.07) is 18.3. The Bertz CT molecular complexity index is 1010. The molecule has 1 aliphatic carbocycles. The first-order valence-corrected chi connectivity index (χ1v) is 9.42. The number of rotatable bonds is 3. The van der Waals surface area contributed by atoms with Gasteiger partial charge < -0.3 is 0 Å². The van der Waals surface area contributed by atoms with Gasteiger partial charge in [0.25, 0.3) is 0 Å². The van der Waals surface area contributed by atoms with Crippen molar-refractivity contribution in [1.29, 1.82) is 5.26 Å². The zero-order valence-corrected chi connectivity index (χ0v) is 15.1. The summed E-state index contributed by atoms with van der Waals surface area (Å²) in [5.74, 6) is 0.141. The molecule has 1 unspecified atom stereocenters. The maximum Gasteiger partial charge on any atom is 0.134 e. The van der Waals surface area contributed by atoms with Gasteiger partial charge in [0.05, 0.1) is 11.6 Å². The summed E-state index contributed by atoms with van der Waals surface area (Å²) in [5.41, 5.74) is 5.30. The Kier molecular flexibility index (Phi) is 4.47. The van der Waals surface area contributed by atoms with Crippen molar-refractivity contribution in [3.63, 3.8) is 0 Å². The highest BCUT2D eigenvalue weighted by molar-refractivity contribution is 5.84. The van der Waals surface area contributed by atoms with Gasteiger partial charge in [-0.25, -0.2) is 4.39 Å². The minimum Gasteiger partial charge on any atom is -0.206 e. The number of hydrogen-bond acceptors (Lipinski definition) is 1. The van der Waals surface area contributed by atoms with Crippen LogP contribution >= 0.6 is 0 Å². The molecule has 1 aliphatic rings. The highest BCUT2D eigenvalue weighted by Gasteiger charge is 2.23. The normalized spacial score (nSPS) is 16.3. The molecule has 0 N–H and O–H groups in total. The molecule has 0 radical (unpaired) electrons. The van der Waals surface area contributed by atoms with Crippen LogP contribution in [-0.2, 0) is 19.3 Å². The van der Waals surface area contributed by atoms with Crippen molar-refractivity contribution in [1.82, 2.24) is 0 Å². The lowest BCUT2D eigenvalue weighted by molar-refractivity contribution is 0.539. The van der Waals surface area contributed by atoms with Crippen molar-refractivity contribution >= 4 is 10.8 Å². The van der Waals surface area contributed by atoms with Crippen LogP contribution in [0.2, 0.25) is 0 Å². The molecule has 1 nitrogen and oxygen atoms in total. The summed E-state index contributed by atoms with van der Waals surface area (Å²) in [7, 11) is 0. The van der Waals surface area contributed by atoms with Crippen molar-refractivity contribution < 1.29 is 4.39 Å². The molecule has 0 saturated heterocycles. The number of nitrogens with zero attached hydrogens (tertiary/aromatic N) is 1. The fraction of sp³-hybridized carbons (Fsp3) is 0.292. The molecule has 0 bridgehead atoms. The molecule has 0 aromatic heterocycles. The SMILES string of the molecule is CCCc1ccc2c(F)c(C3CCc4cc(C#N)ccc4C3)ccc2c1. The number of aryl methyl sites for hydroxylation is 2. The molecule has 3 aromatic rings. The fourth-order valence-electron chi connectivity index (χ4n) is 4.21. The summed E-state index contributed by atoms with van der Waals surface area (Å²) in [6.45, 7) is 2.16. The summed E-state index contributed by atoms with van der Waals surface area (Å²) in [5, 5.41) is 10.8. The van der Waals surface area contributed by atoms with E-state index in [-0.39, 0.29) is 11.7 Å². The Morgan fingerprint density at radius 2 is 1.96 bits per heavy atom. The van der Waals surface area contributed by atoms with Gasteiger partial charge in [-0.2, -0.15) is 5.26 Å². The van der Waals surface area contributed by atoms with Crippen LogP contribution < -0.4 is 0 Å². The van der Waals surface area contributed by atoms with Gasteiger partial charge in [0, 0.05) is 5.39 Å². The van der Waals surface area contributed by atoms with E-state index in [4.69, 9.17) is 5.26 Å². The highest BCUT2D eigenvalue weighted by Crippen LogP contribution is 2.36. The van der Waals surface area contributed by atoms with E-state index in [1.54, 1.807) is 0 Å². The largest absolute Gasteiger partial charge is 0.206 e. The van der Waals surface area contributed by atoms with Gasteiger partial charge in [-0.05, 0) is 71.4 Å². The van der Waals surface area contributed by atoms with Crippen LogP contribution in [0.3, 0.4) is 0 Å². The van der Waals surface area contributed by atoms with Crippen LogP contribution in [0.15, 0.2) is 48.5 Å². The maximum absolute atomic E-state index is 15.2. The number of nitriles is 1. The molecule has 0 saturated carbocycles. The van der Waals surface area contributed by atoms with Crippen LogP contribution in [0.25, 0.3) is 10.8 Å². The molecule has 0 heterocycles. The second-order valence-corrected chi connectivity index (χ2v) is 7.31. The molecule has 2 heteroatoms. The van der Waals surface area contributed by atoms with E-state index in [1.165, 1.54) is 16.7 Å². The molecule has 1 atom stereocenters. The molecule has 0 amide bonds. The predicted molar refractivity (Wildman–Crippen MR) is 104 cm³/mol. The second kappa shape index (κ2) is 6.92. The summed E-state index contributed by atoms with van der Waals surface area (Å²) in [6.07, 6.45) is 4.81. The number of hydrogen-bond donors (Lipinski definition) is 0. The lowest BCUT2D eigenvalue weighted by Gasteiger charge is -2.26. The molecule has 130 valence electrons. The minimum absolute atomic E-state index is 0.0624. The van der Waals surface area contributed by atoms with Gasteiger partial charge in [0.1, 0.15) is 5.82 Å². The van der Waals surface area contributed by atoms with Gasteiger partial charge in [0.2, 0.25) is 0 Å². The van der Waals surface area contributed by atoms with Crippen LogP contribution in [0.5, 0.6) is 0 Å². The van der Waals surface area contributed by atoms with E-state index in [1.807, 2.05) is 30.3 Å². The van der Waals surface area contributed by atoms with Crippen molar-refractivity contribution in [3.8, 4) is 6.07 Å². The Labute approximate surface area is 154 Å². The first-order valence-electron chi connectivity index (χ1n) is 9.42. The van der Waals surface area contributed by atoms with Gasteiger partial charge in [0.15, 0.2) is 0 Å². The van der Waals surface area contributed by atoms with E-state index in [2.05, 4.69) is 31.2 Å². The maximum atomic E-state index is 15.2. The zero-order valence-electron chi connectivity index (χ0n) is 15.1. The third-order valence-corrected chi connectivity index (χ3v) is 5.59. The van der Waals surface area contributed by atoms with Crippen LogP contribution in [0.1, 0.15) is 53.5 Å². The average molecular weight is 343 g/mol. The molecular weight excluding hydrogens is 321 g/mol. The van der Waals surface area contributed by atoms with E-state index in [9.17, 15) is 0 Å². The lowest BCUT2D eigenvalue weighted by atomic mass is 9.79.